The molecule has 0 aliphatic carbocycles. The second kappa shape index (κ2) is 9.29. The van der Waals surface area contributed by atoms with Gasteiger partial charge in [0.25, 0.3) is 0 Å². The summed E-state index contributed by atoms with van der Waals surface area (Å²) in [5.74, 6) is 1.35. The zero-order valence-corrected chi connectivity index (χ0v) is 17.5. The molecule has 2 heterocycles. The predicted molar refractivity (Wildman–Crippen MR) is 109 cm³/mol. The standard InChI is InChI=1S/C19H23N3O4S2/c1-3-22(9-13-10-25-14-6-4-5-7-15(14)26-13)18(24)11-27-19-21-12(2)16(28-19)8-17(20)23/h4-7,13H,3,8-11H2,1-2H3,(H2,20,23). The van der Waals surface area contributed by atoms with Crippen molar-refractivity contribution >= 4 is 34.9 Å². The smallest absolute Gasteiger partial charge is 0.233 e. The SMILES string of the molecule is CCN(CC1COc2ccccc2O1)C(=O)CSc1nc(C)c(CC(N)=O)s1. The number of aromatic nitrogens is 1. The van der Waals surface area contributed by atoms with Gasteiger partial charge in [-0.1, -0.05) is 23.9 Å². The normalized spacial score (nSPS) is 15.3. The lowest BCUT2D eigenvalue weighted by Gasteiger charge is -2.30. The lowest BCUT2D eigenvalue weighted by Crippen LogP contribution is -2.44. The van der Waals surface area contributed by atoms with E-state index in [4.69, 9.17) is 15.2 Å². The van der Waals surface area contributed by atoms with Gasteiger partial charge >= 0.3 is 0 Å². The first kappa shape index (κ1) is 20.5. The first-order valence-corrected chi connectivity index (χ1v) is 10.8. The molecule has 2 N–H and O–H groups in total. The molecule has 9 heteroatoms. The van der Waals surface area contributed by atoms with E-state index >= 15 is 0 Å². The fraction of sp³-hybridized carbons (Fsp3) is 0.421. The number of hydrogen-bond acceptors (Lipinski definition) is 7. The Bertz CT molecular complexity index is 855. The summed E-state index contributed by atoms with van der Waals surface area (Å²) >= 11 is 2.79. The summed E-state index contributed by atoms with van der Waals surface area (Å²) in [5, 5.41) is 0. The number of nitrogens with zero attached hydrogens (tertiary/aromatic N) is 2. The van der Waals surface area contributed by atoms with Gasteiger partial charge in [-0.3, -0.25) is 9.59 Å². The molecule has 150 valence electrons. The third-order valence-electron chi connectivity index (χ3n) is 4.25. The zero-order chi connectivity index (χ0) is 20.1. The van der Waals surface area contributed by atoms with Gasteiger partial charge in [-0.25, -0.2) is 4.98 Å². The van der Waals surface area contributed by atoms with Crippen molar-refractivity contribution in [2.45, 2.75) is 30.7 Å². The van der Waals surface area contributed by atoms with Crippen LogP contribution in [0.15, 0.2) is 28.6 Å². The third kappa shape index (κ3) is 5.17. The number of fused-ring (bicyclic) bond motifs is 1. The van der Waals surface area contributed by atoms with E-state index in [2.05, 4.69) is 4.98 Å². The highest BCUT2D eigenvalue weighted by molar-refractivity contribution is 8.01. The Balaban J connectivity index is 1.53. The van der Waals surface area contributed by atoms with E-state index in [-0.39, 0.29) is 30.1 Å². The molecule has 0 saturated heterocycles. The van der Waals surface area contributed by atoms with Gasteiger partial charge in [0.1, 0.15) is 6.61 Å². The highest BCUT2D eigenvalue weighted by Gasteiger charge is 2.25. The fourth-order valence-electron chi connectivity index (χ4n) is 2.81. The van der Waals surface area contributed by atoms with Crippen LogP contribution in [0.1, 0.15) is 17.5 Å². The molecule has 0 saturated carbocycles. The first-order chi connectivity index (χ1) is 13.5. The second-order valence-corrected chi connectivity index (χ2v) is 8.66. The summed E-state index contributed by atoms with van der Waals surface area (Å²) < 4.78 is 12.4. The van der Waals surface area contributed by atoms with Crippen molar-refractivity contribution in [3.8, 4) is 11.5 Å². The minimum Gasteiger partial charge on any atom is -0.486 e. The van der Waals surface area contributed by atoms with Crippen LogP contribution in [-0.2, 0) is 16.0 Å². The maximum Gasteiger partial charge on any atom is 0.233 e. The molecule has 2 aromatic rings. The summed E-state index contributed by atoms with van der Waals surface area (Å²) in [5.41, 5.74) is 6.04. The Hall–Kier alpha value is -2.26. The van der Waals surface area contributed by atoms with E-state index < -0.39 is 0 Å². The van der Waals surface area contributed by atoms with Crippen molar-refractivity contribution in [1.82, 2.24) is 9.88 Å². The van der Waals surface area contributed by atoms with Gasteiger partial charge in [0.05, 0.1) is 24.4 Å². The molecule has 0 fully saturated rings. The topological polar surface area (TPSA) is 94.8 Å². The van der Waals surface area contributed by atoms with E-state index in [0.717, 1.165) is 20.7 Å². The van der Waals surface area contributed by atoms with E-state index in [9.17, 15) is 9.59 Å². The van der Waals surface area contributed by atoms with Gasteiger partial charge < -0.3 is 20.1 Å². The van der Waals surface area contributed by atoms with Gasteiger partial charge in [0.2, 0.25) is 11.8 Å². The Labute approximate surface area is 172 Å². The molecule has 1 atom stereocenters. The van der Waals surface area contributed by atoms with Crippen LogP contribution in [0.2, 0.25) is 0 Å². The van der Waals surface area contributed by atoms with Gasteiger partial charge in [0.15, 0.2) is 21.9 Å². The first-order valence-electron chi connectivity index (χ1n) is 9.00. The minimum atomic E-state index is -0.382. The molecular formula is C19H23N3O4S2. The predicted octanol–water partition coefficient (Wildman–Crippen LogP) is 2.26. The van der Waals surface area contributed by atoms with Crippen LogP contribution in [0.25, 0.3) is 0 Å². The number of para-hydroxylation sites is 2. The Morgan fingerprint density at radius 1 is 1.36 bits per heavy atom. The van der Waals surface area contributed by atoms with Crippen LogP contribution in [0.4, 0.5) is 0 Å². The highest BCUT2D eigenvalue weighted by Crippen LogP contribution is 2.31. The van der Waals surface area contributed by atoms with Gasteiger partial charge in [-0.15, -0.1) is 11.3 Å². The van der Waals surface area contributed by atoms with E-state index in [0.29, 0.717) is 25.4 Å². The number of nitrogens with two attached hydrogens (primary N) is 1. The average Bonchev–Trinajstić information content (AvgIpc) is 3.02. The summed E-state index contributed by atoms with van der Waals surface area (Å²) in [6.45, 7) is 5.25. The van der Waals surface area contributed by atoms with Crippen molar-refractivity contribution in [3.63, 3.8) is 0 Å². The molecule has 1 aromatic carbocycles. The number of aryl methyl sites for hydroxylation is 1. The van der Waals surface area contributed by atoms with Gasteiger partial charge in [-0.2, -0.15) is 0 Å². The Morgan fingerprint density at radius 3 is 2.82 bits per heavy atom. The van der Waals surface area contributed by atoms with E-state index in [1.54, 1.807) is 4.90 Å². The number of amides is 2. The molecule has 7 nitrogen and oxygen atoms in total. The van der Waals surface area contributed by atoms with Crippen molar-refractivity contribution < 1.29 is 19.1 Å². The second-order valence-electron chi connectivity index (χ2n) is 6.35. The van der Waals surface area contributed by atoms with Crippen LogP contribution in [-0.4, -0.2) is 53.3 Å². The molecule has 1 aliphatic rings. The number of ether oxygens (including phenoxy) is 2. The van der Waals surface area contributed by atoms with E-state index in [1.807, 2.05) is 38.1 Å². The lowest BCUT2D eigenvalue weighted by atomic mass is 10.2. The maximum absolute atomic E-state index is 12.6. The number of thiazole rings is 1. The number of carbonyl (C=O) groups is 2. The molecule has 1 unspecified atom stereocenters. The number of thioether (sulfide) groups is 1. The Kier molecular flexibility index (Phi) is 6.79. The molecular weight excluding hydrogens is 398 g/mol. The van der Waals surface area contributed by atoms with Crippen LogP contribution >= 0.6 is 23.1 Å². The number of carbonyl (C=O) groups excluding carboxylic acids is 2. The van der Waals surface area contributed by atoms with Gasteiger partial charge in [-0.05, 0) is 26.0 Å². The number of hydrogen-bond donors (Lipinski definition) is 1. The monoisotopic (exact) mass is 421 g/mol. The largest absolute Gasteiger partial charge is 0.486 e. The fourth-order valence-corrected chi connectivity index (χ4v) is 4.95. The Morgan fingerprint density at radius 2 is 2.11 bits per heavy atom. The van der Waals surface area contributed by atoms with Crippen LogP contribution in [0.5, 0.6) is 11.5 Å². The number of rotatable bonds is 8. The number of likely N-dealkylation sites (N-methyl/N-ethyl adjacent to an activating group) is 1. The van der Waals surface area contributed by atoms with Crippen LogP contribution < -0.4 is 15.2 Å². The molecule has 28 heavy (non-hydrogen) atoms. The van der Waals surface area contributed by atoms with Crippen molar-refractivity contribution in [1.29, 1.82) is 0 Å². The lowest BCUT2D eigenvalue weighted by molar-refractivity contribution is -0.129. The molecule has 2 amide bonds. The van der Waals surface area contributed by atoms with Crippen molar-refractivity contribution in [2.75, 3.05) is 25.4 Å². The minimum absolute atomic E-state index is 0.0132. The maximum atomic E-state index is 12.6. The quantitative estimate of drug-likeness (QED) is 0.657. The third-order valence-corrected chi connectivity index (χ3v) is 6.54. The zero-order valence-electron chi connectivity index (χ0n) is 15.8. The van der Waals surface area contributed by atoms with E-state index in [1.165, 1.54) is 23.1 Å². The van der Waals surface area contributed by atoms with Gasteiger partial charge in [0, 0.05) is 11.4 Å². The molecule has 0 radical (unpaired) electrons. The summed E-state index contributed by atoms with van der Waals surface area (Å²) in [6, 6.07) is 7.53. The summed E-state index contributed by atoms with van der Waals surface area (Å²) in [6.07, 6.45) is -0.0207. The molecule has 1 aromatic heterocycles. The van der Waals surface area contributed by atoms with Crippen LogP contribution in [0.3, 0.4) is 0 Å². The highest BCUT2D eigenvalue weighted by atomic mass is 32.2. The average molecular weight is 422 g/mol. The number of benzene rings is 1. The molecule has 0 spiro atoms. The molecule has 3 rings (SSSR count). The van der Waals surface area contributed by atoms with Crippen LogP contribution in [0, 0.1) is 6.92 Å². The number of primary amides is 1. The molecule has 1 aliphatic heterocycles. The van der Waals surface area contributed by atoms with Crippen molar-refractivity contribution in [3.05, 3.63) is 34.8 Å². The summed E-state index contributed by atoms with van der Waals surface area (Å²) in [4.78, 5) is 30.8. The van der Waals surface area contributed by atoms with Crippen molar-refractivity contribution in [2.24, 2.45) is 5.73 Å². The molecule has 0 bridgehead atoms. The summed E-state index contributed by atoms with van der Waals surface area (Å²) in [7, 11) is 0.